The van der Waals surface area contributed by atoms with Crippen molar-refractivity contribution in [3.63, 3.8) is 0 Å². The van der Waals surface area contributed by atoms with Crippen LogP contribution < -0.4 is 10.5 Å². The number of sulfonamides is 1. The van der Waals surface area contributed by atoms with Gasteiger partial charge in [0.05, 0.1) is 18.1 Å². The zero-order chi connectivity index (χ0) is 20.0. The summed E-state index contributed by atoms with van der Waals surface area (Å²) in [5.41, 5.74) is 7.77. The van der Waals surface area contributed by atoms with E-state index in [1.54, 1.807) is 6.07 Å². The summed E-state index contributed by atoms with van der Waals surface area (Å²) in [5, 5.41) is 1.65. The Morgan fingerprint density at radius 3 is 2.36 bits per heavy atom. The predicted octanol–water partition coefficient (Wildman–Crippen LogP) is 3.36. The summed E-state index contributed by atoms with van der Waals surface area (Å²) in [7, 11) is -3.71. The van der Waals surface area contributed by atoms with E-state index in [1.165, 1.54) is 0 Å². The van der Waals surface area contributed by atoms with Crippen LogP contribution in [0.2, 0.25) is 0 Å². The fourth-order valence-electron chi connectivity index (χ4n) is 3.21. The smallest absolute Gasteiger partial charge is 0.241 e. The summed E-state index contributed by atoms with van der Waals surface area (Å²) in [6.45, 7) is 3.03. The summed E-state index contributed by atoms with van der Waals surface area (Å²) < 4.78 is 34.7. The Kier molecular flexibility index (Phi) is 6.80. The quantitative estimate of drug-likeness (QED) is 0.579. The fourth-order valence-corrected chi connectivity index (χ4v) is 4.68. The number of nitrogens with two attached hydrogens (primary N) is 1. The van der Waals surface area contributed by atoms with Gasteiger partial charge in [-0.1, -0.05) is 60.7 Å². The van der Waals surface area contributed by atoms with Crippen molar-refractivity contribution in [1.29, 1.82) is 0 Å². The second-order valence-electron chi connectivity index (χ2n) is 6.82. The number of fused-ring (bicyclic) bond motifs is 1. The minimum atomic E-state index is -3.71. The number of nitrogens with one attached hydrogen (secondary N) is 1. The van der Waals surface area contributed by atoms with Crippen molar-refractivity contribution in [3.8, 4) is 0 Å². The Labute approximate surface area is 166 Å². The van der Waals surface area contributed by atoms with Crippen molar-refractivity contribution in [2.45, 2.75) is 30.9 Å². The molecule has 0 aliphatic rings. The molecule has 0 fully saturated rings. The maximum Gasteiger partial charge on any atom is 0.241 e. The average Bonchev–Trinajstić information content (AvgIpc) is 2.69. The molecule has 0 radical (unpaired) electrons. The van der Waals surface area contributed by atoms with E-state index >= 15 is 0 Å². The van der Waals surface area contributed by atoms with Crippen molar-refractivity contribution >= 4 is 20.8 Å². The van der Waals surface area contributed by atoms with Crippen LogP contribution in [-0.4, -0.2) is 27.6 Å². The van der Waals surface area contributed by atoms with Crippen molar-refractivity contribution in [3.05, 3.63) is 77.9 Å². The SMILES string of the molecule is Cc1ccc(S(=O)(=O)N[C@H](CCN)COCc2ccccc2)c2ccccc12. The Morgan fingerprint density at radius 1 is 0.964 bits per heavy atom. The third-order valence-electron chi connectivity index (χ3n) is 4.66. The predicted molar refractivity (Wildman–Crippen MR) is 113 cm³/mol. The molecule has 3 aromatic carbocycles. The zero-order valence-electron chi connectivity index (χ0n) is 16.0. The molecule has 0 aliphatic carbocycles. The van der Waals surface area contributed by atoms with E-state index in [1.807, 2.05) is 67.6 Å². The lowest BCUT2D eigenvalue weighted by Gasteiger charge is -2.19. The molecule has 3 rings (SSSR count). The van der Waals surface area contributed by atoms with E-state index in [4.69, 9.17) is 10.5 Å². The first-order valence-electron chi connectivity index (χ1n) is 9.33. The van der Waals surface area contributed by atoms with Crippen LogP contribution in [0.25, 0.3) is 10.8 Å². The van der Waals surface area contributed by atoms with Gasteiger partial charge in [-0.3, -0.25) is 0 Å². The van der Waals surface area contributed by atoms with E-state index in [-0.39, 0.29) is 11.5 Å². The molecular formula is C22H26N2O3S. The van der Waals surface area contributed by atoms with Crippen LogP contribution in [0.3, 0.4) is 0 Å². The molecule has 0 amide bonds. The first-order valence-corrected chi connectivity index (χ1v) is 10.8. The Balaban J connectivity index is 1.76. The summed E-state index contributed by atoms with van der Waals surface area (Å²) >= 11 is 0. The number of hydrogen-bond acceptors (Lipinski definition) is 4. The summed E-state index contributed by atoms with van der Waals surface area (Å²) in [5.74, 6) is 0. The number of rotatable bonds is 9. The van der Waals surface area contributed by atoms with Crippen LogP contribution in [0.1, 0.15) is 17.5 Å². The molecule has 5 nitrogen and oxygen atoms in total. The molecule has 3 N–H and O–H groups in total. The largest absolute Gasteiger partial charge is 0.375 e. The minimum Gasteiger partial charge on any atom is -0.375 e. The molecule has 6 heteroatoms. The van der Waals surface area contributed by atoms with Gasteiger partial charge in [-0.05, 0) is 42.5 Å². The fraction of sp³-hybridized carbons (Fsp3) is 0.273. The Hall–Kier alpha value is -2.25. The first kappa shape index (κ1) is 20.5. The molecule has 148 valence electrons. The molecule has 0 unspecified atom stereocenters. The summed E-state index contributed by atoms with van der Waals surface area (Å²) in [6, 6.07) is 20.4. The van der Waals surface area contributed by atoms with Gasteiger partial charge in [0.15, 0.2) is 0 Å². The molecule has 0 bridgehead atoms. The lowest BCUT2D eigenvalue weighted by atomic mass is 10.1. The monoisotopic (exact) mass is 398 g/mol. The molecule has 1 atom stereocenters. The second kappa shape index (κ2) is 9.30. The maximum absolute atomic E-state index is 13.1. The van der Waals surface area contributed by atoms with Gasteiger partial charge in [0, 0.05) is 11.4 Å². The summed E-state index contributed by atoms with van der Waals surface area (Å²) in [4.78, 5) is 0.277. The van der Waals surface area contributed by atoms with Crippen molar-refractivity contribution in [2.24, 2.45) is 5.73 Å². The topological polar surface area (TPSA) is 81.4 Å². The van der Waals surface area contributed by atoms with Crippen molar-refractivity contribution < 1.29 is 13.2 Å². The van der Waals surface area contributed by atoms with Gasteiger partial charge >= 0.3 is 0 Å². The van der Waals surface area contributed by atoms with E-state index in [9.17, 15) is 8.42 Å². The zero-order valence-corrected chi connectivity index (χ0v) is 16.8. The third-order valence-corrected chi connectivity index (χ3v) is 6.24. The molecule has 0 saturated carbocycles. The van der Waals surface area contributed by atoms with Crippen LogP contribution in [0.15, 0.2) is 71.6 Å². The number of hydrogen-bond donors (Lipinski definition) is 2. The van der Waals surface area contributed by atoms with Gasteiger partial charge < -0.3 is 10.5 Å². The highest BCUT2D eigenvalue weighted by Crippen LogP contribution is 2.26. The highest BCUT2D eigenvalue weighted by atomic mass is 32.2. The van der Waals surface area contributed by atoms with Gasteiger partial charge in [-0.15, -0.1) is 0 Å². The van der Waals surface area contributed by atoms with Gasteiger partial charge in [-0.2, -0.15) is 0 Å². The average molecular weight is 399 g/mol. The van der Waals surface area contributed by atoms with E-state index in [2.05, 4.69) is 4.72 Å². The molecule has 3 aromatic rings. The molecule has 0 heterocycles. The van der Waals surface area contributed by atoms with Crippen LogP contribution >= 0.6 is 0 Å². The normalized spacial score (nSPS) is 12.9. The lowest BCUT2D eigenvalue weighted by Crippen LogP contribution is -2.39. The van der Waals surface area contributed by atoms with Crippen molar-refractivity contribution in [1.82, 2.24) is 4.72 Å². The third kappa shape index (κ3) is 4.97. The minimum absolute atomic E-state index is 0.259. The second-order valence-corrected chi connectivity index (χ2v) is 8.50. The standard InChI is InChI=1S/C22H26N2O3S/c1-17-11-12-22(21-10-6-5-9-20(17)21)28(25,26)24-19(13-14-23)16-27-15-18-7-3-2-4-8-18/h2-12,19,24H,13-16,23H2,1H3/t19-/m1/s1. The van der Waals surface area contributed by atoms with E-state index in [0.717, 1.165) is 16.5 Å². The lowest BCUT2D eigenvalue weighted by molar-refractivity contribution is 0.102. The summed E-state index contributed by atoms with van der Waals surface area (Å²) in [6.07, 6.45) is 0.498. The van der Waals surface area contributed by atoms with Gasteiger partial charge in [0.25, 0.3) is 0 Å². The van der Waals surface area contributed by atoms with Gasteiger partial charge in [0.1, 0.15) is 0 Å². The molecule has 28 heavy (non-hydrogen) atoms. The van der Waals surface area contributed by atoms with Crippen molar-refractivity contribution in [2.75, 3.05) is 13.2 Å². The highest BCUT2D eigenvalue weighted by molar-refractivity contribution is 7.89. The number of aryl methyl sites for hydroxylation is 1. The van der Waals surface area contributed by atoms with Gasteiger partial charge in [0.2, 0.25) is 10.0 Å². The van der Waals surface area contributed by atoms with Crippen LogP contribution in [0, 0.1) is 6.92 Å². The van der Waals surface area contributed by atoms with Crippen LogP contribution in [0.4, 0.5) is 0 Å². The van der Waals surface area contributed by atoms with Crippen LogP contribution in [-0.2, 0) is 21.4 Å². The van der Waals surface area contributed by atoms with Crippen LogP contribution in [0.5, 0.6) is 0 Å². The molecule has 0 aromatic heterocycles. The van der Waals surface area contributed by atoms with E-state index < -0.39 is 16.1 Å². The first-order chi connectivity index (χ1) is 13.5. The number of benzene rings is 3. The highest BCUT2D eigenvalue weighted by Gasteiger charge is 2.22. The van der Waals surface area contributed by atoms with Gasteiger partial charge in [-0.25, -0.2) is 13.1 Å². The number of ether oxygens (including phenoxy) is 1. The van der Waals surface area contributed by atoms with E-state index in [0.29, 0.717) is 25.0 Å². The molecular weight excluding hydrogens is 372 g/mol. The molecule has 0 spiro atoms. The molecule has 0 saturated heterocycles. The maximum atomic E-state index is 13.1. The Bertz CT molecular complexity index is 1020. The molecule has 0 aliphatic heterocycles. The Morgan fingerprint density at radius 2 is 1.64 bits per heavy atom.